The Labute approximate surface area is 176 Å². The summed E-state index contributed by atoms with van der Waals surface area (Å²) in [5.74, 6) is -0.475. The number of anilines is 2. The Morgan fingerprint density at radius 2 is 1.60 bits per heavy atom. The van der Waals surface area contributed by atoms with E-state index < -0.39 is 0 Å². The Hall–Kier alpha value is -3.93. The summed E-state index contributed by atoms with van der Waals surface area (Å²) < 4.78 is 0. The second-order valence-electron chi connectivity index (χ2n) is 7.09. The van der Waals surface area contributed by atoms with Gasteiger partial charge in [0.05, 0.1) is 6.21 Å². The van der Waals surface area contributed by atoms with E-state index in [0.717, 1.165) is 16.8 Å². The summed E-state index contributed by atoms with van der Waals surface area (Å²) in [4.78, 5) is 26.6. The van der Waals surface area contributed by atoms with Crippen LogP contribution in [-0.4, -0.2) is 32.1 Å². The summed E-state index contributed by atoms with van der Waals surface area (Å²) in [5, 5.41) is 6.90. The topological polar surface area (TPSA) is 73.8 Å². The number of nitrogens with zero attached hydrogens (tertiary/aromatic N) is 2. The van der Waals surface area contributed by atoms with Gasteiger partial charge in [-0.25, -0.2) is 5.43 Å². The zero-order chi connectivity index (χ0) is 21.5. The number of aryl methyl sites for hydroxylation is 1. The molecule has 3 aromatic carbocycles. The number of nitrogens with one attached hydrogen (secondary N) is 2. The van der Waals surface area contributed by atoms with E-state index in [2.05, 4.69) is 15.8 Å². The van der Waals surface area contributed by atoms with Crippen LogP contribution in [0.2, 0.25) is 0 Å². The van der Waals surface area contributed by atoms with Gasteiger partial charge in [0.2, 0.25) is 0 Å². The largest absolute Gasteiger partial charge is 0.378 e. The minimum atomic E-state index is -0.293. The Morgan fingerprint density at radius 3 is 2.33 bits per heavy atom. The van der Waals surface area contributed by atoms with Gasteiger partial charge in [0, 0.05) is 36.6 Å². The fourth-order valence-electron chi connectivity index (χ4n) is 2.76. The molecular formula is C24H24N4O2. The Balaban J connectivity index is 1.62. The van der Waals surface area contributed by atoms with Crippen LogP contribution in [0.1, 0.15) is 31.8 Å². The summed E-state index contributed by atoms with van der Waals surface area (Å²) in [6.07, 6.45) is 1.54. The molecule has 0 spiro atoms. The molecule has 0 fully saturated rings. The molecule has 3 aromatic rings. The van der Waals surface area contributed by atoms with Crippen LogP contribution in [0, 0.1) is 6.92 Å². The third-order valence-electron chi connectivity index (χ3n) is 4.46. The van der Waals surface area contributed by atoms with Crippen molar-refractivity contribution < 1.29 is 9.59 Å². The van der Waals surface area contributed by atoms with Crippen molar-refractivity contribution in [3.8, 4) is 0 Å². The zero-order valence-electron chi connectivity index (χ0n) is 17.2. The smallest absolute Gasteiger partial charge is 0.271 e. The predicted octanol–water partition coefficient (Wildman–Crippen LogP) is 4.08. The summed E-state index contributed by atoms with van der Waals surface area (Å²) in [6.45, 7) is 1.97. The SMILES string of the molecule is Cc1ccc(C(=O)Nc2cccc(/C=N\NC(=O)c3cccc(N(C)C)c3)c2)cc1. The zero-order valence-corrected chi connectivity index (χ0v) is 17.2. The number of hydrogen-bond donors (Lipinski definition) is 2. The van der Waals surface area contributed by atoms with Crippen LogP contribution in [0.4, 0.5) is 11.4 Å². The number of hydrazone groups is 1. The van der Waals surface area contributed by atoms with Crippen LogP contribution in [0.5, 0.6) is 0 Å². The molecule has 0 aromatic heterocycles. The maximum Gasteiger partial charge on any atom is 0.271 e. The first-order valence-corrected chi connectivity index (χ1v) is 9.51. The molecule has 0 heterocycles. The molecule has 0 atom stereocenters. The highest BCUT2D eigenvalue weighted by molar-refractivity contribution is 6.04. The number of carbonyl (C=O) groups is 2. The third kappa shape index (κ3) is 5.54. The van der Waals surface area contributed by atoms with Crippen molar-refractivity contribution in [1.82, 2.24) is 5.43 Å². The van der Waals surface area contributed by atoms with Crippen molar-refractivity contribution in [2.45, 2.75) is 6.92 Å². The van der Waals surface area contributed by atoms with Gasteiger partial charge >= 0.3 is 0 Å². The summed E-state index contributed by atoms with van der Waals surface area (Å²) >= 11 is 0. The minimum Gasteiger partial charge on any atom is -0.378 e. The van der Waals surface area contributed by atoms with Crippen LogP contribution in [0.3, 0.4) is 0 Å². The van der Waals surface area contributed by atoms with Crippen molar-refractivity contribution in [3.05, 3.63) is 95.1 Å². The van der Waals surface area contributed by atoms with E-state index in [4.69, 9.17) is 0 Å². The highest BCUT2D eigenvalue weighted by atomic mass is 16.2. The lowest BCUT2D eigenvalue weighted by atomic mass is 10.1. The van der Waals surface area contributed by atoms with Crippen molar-refractivity contribution in [3.63, 3.8) is 0 Å². The van der Waals surface area contributed by atoms with Crippen LogP contribution in [0.15, 0.2) is 77.9 Å². The highest BCUT2D eigenvalue weighted by Crippen LogP contribution is 2.14. The molecule has 0 aliphatic carbocycles. The summed E-state index contributed by atoms with van der Waals surface area (Å²) in [6, 6.07) is 21.9. The molecule has 152 valence electrons. The van der Waals surface area contributed by atoms with Crippen molar-refractivity contribution >= 4 is 29.4 Å². The van der Waals surface area contributed by atoms with E-state index in [-0.39, 0.29) is 11.8 Å². The highest BCUT2D eigenvalue weighted by Gasteiger charge is 2.07. The molecule has 2 N–H and O–H groups in total. The molecule has 0 aliphatic heterocycles. The average Bonchev–Trinajstić information content (AvgIpc) is 2.74. The monoisotopic (exact) mass is 400 g/mol. The molecular weight excluding hydrogens is 376 g/mol. The molecule has 0 radical (unpaired) electrons. The van der Waals surface area contributed by atoms with Gasteiger partial charge in [-0.2, -0.15) is 5.10 Å². The molecule has 2 amide bonds. The van der Waals surface area contributed by atoms with Gasteiger partial charge < -0.3 is 10.2 Å². The lowest BCUT2D eigenvalue weighted by molar-refractivity contribution is 0.0954. The third-order valence-corrected chi connectivity index (χ3v) is 4.46. The fraction of sp³-hybridized carbons (Fsp3) is 0.125. The predicted molar refractivity (Wildman–Crippen MR) is 121 cm³/mol. The first-order chi connectivity index (χ1) is 14.4. The standard InChI is InChI=1S/C24H24N4O2/c1-17-10-12-19(13-11-17)23(29)26-21-8-4-6-18(14-21)16-25-27-24(30)20-7-5-9-22(15-20)28(2)3/h4-16H,1-3H3,(H,26,29)(H,27,30)/b25-16-. The number of hydrogen-bond acceptors (Lipinski definition) is 4. The molecule has 6 heteroatoms. The van der Waals surface area contributed by atoms with Gasteiger partial charge in [-0.3, -0.25) is 9.59 Å². The van der Waals surface area contributed by atoms with E-state index in [1.165, 1.54) is 6.21 Å². The van der Waals surface area contributed by atoms with Gasteiger partial charge in [-0.15, -0.1) is 0 Å². The summed E-state index contributed by atoms with van der Waals surface area (Å²) in [5.41, 5.74) is 7.07. The van der Waals surface area contributed by atoms with Crippen molar-refractivity contribution in [2.75, 3.05) is 24.3 Å². The molecule has 3 rings (SSSR count). The summed E-state index contributed by atoms with van der Waals surface area (Å²) in [7, 11) is 3.83. The van der Waals surface area contributed by atoms with E-state index in [1.807, 2.05) is 62.3 Å². The van der Waals surface area contributed by atoms with E-state index >= 15 is 0 Å². The molecule has 30 heavy (non-hydrogen) atoms. The quantitative estimate of drug-likeness (QED) is 0.484. The van der Waals surface area contributed by atoms with Crippen LogP contribution < -0.4 is 15.6 Å². The lowest BCUT2D eigenvalue weighted by Gasteiger charge is -2.12. The number of amides is 2. The maximum absolute atomic E-state index is 12.4. The fourth-order valence-corrected chi connectivity index (χ4v) is 2.76. The molecule has 0 unspecified atom stereocenters. The maximum atomic E-state index is 12.4. The Kier molecular flexibility index (Phi) is 6.60. The van der Waals surface area contributed by atoms with Gasteiger partial charge in [-0.1, -0.05) is 35.9 Å². The first kappa shape index (κ1) is 20.8. The molecule has 0 saturated heterocycles. The van der Waals surface area contributed by atoms with E-state index in [1.54, 1.807) is 36.4 Å². The molecule has 0 bridgehead atoms. The second-order valence-corrected chi connectivity index (χ2v) is 7.09. The average molecular weight is 400 g/mol. The lowest BCUT2D eigenvalue weighted by Crippen LogP contribution is -2.18. The first-order valence-electron chi connectivity index (χ1n) is 9.51. The van der Waals surface area contributed by atoms with Crippen LogP contribution in [-0.2, 0) is 0 Å². The Morgan fingerprint density at radius 1 is 0.867 bits per heavy atom. The van der Waals surface area contributed by atoms with Gasteiger partial charge in [-0.05, 0) is 55.0 Å². The molecule has 0 saturated carbocycles. The number of benzene rings is 3. The van der Waals surface area contributed by atoms with Crippen LogP contribution >= 0.6 is 0 Å². The van der Waals surface area contributed by atoms with Crippen molar-refractivity contribution in [1.29, 1.82) is 0 Å². The van der Waals surface area contributed by atoms with Gasteiger partial charge in [0.15, 0.2) is 0 Å². The Bertz CT molecular complexity index is 1070. The van der Waals surface area contributed by atoms with Crippen molar-refractivity contribution in [2.24, 2.45) is 5.10 Å². The van der Waals surface area contributed by atoms with Crippen LogP contribution in [0.25, 0.3) is 0 Å². The van der Waals surface area contributed by atoms with E-state index in [0.29, 0.717) is 16.8 Å². The number of carbonyl (C=O) groups excluding carboxylic acids is 2. The minimum absolute atomic E-state index is 0.182. The normalized spacial score (nSPS) is 10.6. The van der Waals surface area contributed by atoms with Gasteiger partial charge in [0.1, 0.15) is 0 Å². The van der Waals surface area contributed by atoms with E-state index in [9.17, 15) is 9.59 Å². The second kappa shape index (κ2) is 9.52. The number of rotatable bonds is 6. The molecule has 0 aliphatic rings. The van der Waals surface area contributed by atoms with Gasteiger partial charge in [0.25, 0.3) is 11.8 Å². The molecule has 6 nitrogen and oxygen atoms in total.